The monoisotopic (exact) mass is 310 g/mol. The minimum Gasteiger partial charge on any atom is -0.486 e. The number of hydrogen-bond donors (Lipinski definition) is 1. The average Bonchev–Trinajstić information content (AvgIpc) is 2.55. The van der Waals surface area contributed by atoms with Gasteiger partial charge in [-0.15, -0.1) is 11.8 Å². The molecule has 114 valence electrons. The van der Waals surface area contributed by atoms with E-state index in [1.165, 1.54) is 0 Å². The van der Waals surface area contributed by atoms with E-state index in [1.54, 1.807) is 16.7 Å². The van der Waals surface area contributed by atoms with Gasteiger partial charge in [-0.2, -0.15) is 0 Å². The first-order valence-corrected chi connectivity index (χ1v) is 8.11. The molecule has 0 saturated carbocycles. The number of fused-ring (bicyclic) bond motifs is 1. The number of nitrogens with one attached hydrogen (secondary N) is 1. The van der Waals surface area contributed by atoms with Crippen LogP contribution in [0.15, 0.2) is 17.0 Å². The summed E-state index contributed by atoms with van der Waals surface area (Å²) >= 11 is 1.56. The maximum atomic E-state index is 12.3. The lowest BCUT2D eigenvalue weighted by atomic mass is 10.2. The fourth-order valence-electron chi connectivity index (χ4n) is 2.30. The number of anilines is 1. The third kappa shape index (κ3) is 3.19. The minimum atomic E-state index is -0.106. The van der Waals surface area contributed by atoms with Crippen LogP contribution in [0.3, 0.4) is 0 Å². The van der Waals surface area contributed by atoms with Crippen molar-refractivity contribution in [2.75, 3.05) is 51.1 Å². The standard InChI is InChI=1S/C14H18N2O4S/c1-21-13-9-12-11(19-6-7-20-12)8-10(13)15-14(17)16-2-4-18-5-3-16/h8-9H,2-7H2,1H3,(H,15,17). The zero-order valence-electron chi connectivity index (χ0n) is 11.9. The quantitative estimate of drug-likeness (QED) is 0.847. The van der Waals surface area contributed by atoms with Gasteiger partial charge in [-0.25, -0.2) is 4.79 Å². The van der Waals surface area contributed by atoms with E-state index in [9.17, 15) is 4.79 Å². The van der Waals surface area contributed by atoms with Gasteiger partial charge in [-0.1, -0.05) is 0 Å². The summed E-state index contributed by atoms with van der Waals surface area (Å²) in [5, 5.41) is 2.96. The second-order valence-corrected chi connectivity index (χ2v) is 5.57. The second-order valence-electron chi connectivity index (χ2n) is 4.73. The maximum Gasteiger partial charge on any atom is 0.322 e. The van der Waals surface area contributed by atoms with Gasteiger partial charge >= 0.3 is 6.03 Å². The Morgan fingerprint density at radius 1 is 1.14 bits per heavy atom. The van der Waals surface area contributed by atoms with E-state index in [0.29, 0.717) is 45.3 Å². The fourth-order valence-corrected chi connectivity index (χ4v) is 2.85. The summed E-state index contributed by atoms with van der Waals surface area (Å²) in [6.45, 7) is 3.49. The molecule has 1 fully saturated rings. The van der Waals surface area contributed by atoms with Crippen molar-refractivity contribution in [1.29, 1.82) is 0 Å². The molecule has 0 unspecified atom stereocenters. The van der Waals surface area contributed by atoms with Crippen molar-refractivity contribution >= 4 is 23.5 Å². The molecule has 0 radical (unpaired) electrons. The van der Waals surface area contributed by atoms with Crippen LogP contribution < -0.4 is 14.8 Å². The van der Waals surface area contributed by atoms with E-state index in [-0.39, 0.29) is 6.03 Å². The fraction of sp³-hybridized carbons (Fsp3) is 0.500. The van der Waals surface area contributed by atoms with Crippen LogP contribution in [0.2, 0.25) is 0 Å². The maximum absolute atomic E-state index is 12.3. The Balaban J connectivity index is 1.78. The topological polar surface area (TPSA) is 60.0 Å². The van der Waals surface area contributed by atoms with Gasteiger partial charge in [0.05, 0.1) is 18.9 Å². The third-order valence-corrected chi connectivity index (χ3v) is 4.18. The Morgan fingerprint density at radius 2 is 1.81 bits per heavy atom. The molecule has 2 aliphatic rings. The Bertz CT molecular complexity index is 532. The molecule has 0 atom stereocenters. The number of thioether (sulfide) groups is 1. The Kier molecular flexibility index (Phi) is 4.40. The summed E-state index contributed by atoms with van der Waals surface area (Å²) in [7, 11) is 0. The van der Waals surface area contributed by atoms with E-state index < -0.39 is 0 Å². The van der Waals surface area contributed by atoms with Crippen LogP contribution in [-0.4, -0.2) is 56.7 Å². The van der Waals surface area contributed by atoms with Crippen LogP contribution in [0.5, 0.6) is 11.5 Å². The van der Waals surface area contributed by atoms with Gasteiger partial charge in [0.1, 0.15) is 13.2 Å². The molecule has 2 aliphatic heterocycles. The number of carbonyl (C=O) groups excluding carboxylic acids is 1. The highest BCUT2D eigenvalue weighted by molar-refractivity contribution is 7.98. The lowest BCUT2D eigenvalue weighted by molar-refractivity contribution is 0.0564. The molecular weight excluding hydrogens is 292 g/mol. The number of carbonyl (C=O) groups is 1. The first kappa shape index (κ1) is 14.3. The van der Waals surface area contributed by atoms with E-state index >= 15 is 0 Å². The summed E-state index contributed by atoms with van der Waals surface area (Å²) in [4.78, 5) is 15.0. The van der Waals surface area contributed by atoms with Crippen LogP contribution >= 0.6 is 11.8 Å². The molecule has 2 heterocycles. The predicted octanol–water partition coefficient (Wildman–Crippen LogP) is 2.04. The average molecular weight is 310 g/mol. The number of ether oxygens (including phenoxy) is 3. The van der Waals surface area contributed by atoms with Gasteiger partial charge in [-0.05, 0) is 12.3 Å². The summed E-state index contributed by atoms with van der Waals surface area (Å²) in [5.41, 5.74) is 0.753. The zero-order valence-corrected chi connectivity index (χ0v) is 12.7. The number of morpholine rings is 1. The van der Waals surface area contributed by atoms with Gasteiger partial charge < -0.3 is 24.4 Å². The van der Waals surface area contributed by atoms with Gasteiger partial charge in [-0.3, -0.25) is 0 Å². The van der Waals surface area contributed by atoms with Crippen molar-refractivity contribution in [3.05, 3.63) is 12.1 Å². The van der Waals surface area contributed by atoms with Crippen molar-refractivity contribution in [3.63, 3.8) is 0 Å². The molecule has 1 aromatic rings. The first-order chi connectivity index (χ1) is 10.3. The molecule has 2 amide bonds. The lowest BCUT2D eigenvalue weighted by Crippen LogP contribution is -2.43. The summed E-state index contributed by atoms with van der Waals surface area (Å²) in [5.74, 6) is 1.41. The molecule has 0 aromatic heterocycles. The number of nitrogens with zero attached hydrogens (tertiary/aromatic N) is 1. The van der Waals surface area contributed by atoms with Crippen molar-refractivity contribution in [1.82, 2.24) is 4.90 Å². The van der Waals surface area contributed by atoms with E-state index in [4.69, 9.17) is 14.2 Å². The summed E-state index contributed by atoms with van der Waals surface area (Å²) in [6.07, 6.45) is 1.97. The molecule has 6 nitrogen and oxygen atoms in total. The Labute approximate surface area is 127 Å². The van der Waals surface area contributed by atoms with Crippen molar-refractivity contribution < 1.29 is 19.0 Å². The normalized spacial score (nSPS) is 17.5. The number of rotatable bonds is 2. The Morgan fingerprint density at radius 3 is 2.48 bits per heavy atom. The highest BCUT2D eigenvalue weighted by atomic mass is 32.2. The highest BCUT2D eigenvalue weighted by Gasteiger charge is 2.20. The number of amides is 2. The van der Waals surface area contributed by atoms with Gasteiger partial charge in [0.2, 0.25) is 0 Å². The Hall–Kier alpha value is -1.60. The molecule has 7 heteroatoms. The first-order valence-electron chi connectivity index (χ1n) is 6.89. The van der Waals surface area contributed by atoms with Crippen LogP contribution in [0.4, 0.5) is 10.5 Å². The van der Waals surface area contributed by atoms with Gasteiger partial charge in [0, 0.05) is 24.1 Å². The van der Waals surface area contributed by atoms with Crippen molar-refractivity contribution in [2.24, 2.45) is 0 Å². The van der Waals surface area contributed by atoms with E-state index in [2.05, 4.69) is 5.32 Å². The molecular formula is C14H18N2O4S. The van der Waals surface area contributed by atoms with E-state index in [0.717, 1.165) is 16.3 Å². The molecule has 1 N–H and O–H groups in total. The number of benzene rings is 1. The molecule has 1 aromatic carbocycles. The summed E-state index contributed by atoms with van der Waals surface area (Å²) < 4.78 is 16.4. The van der Waals surface area contributed by atoms with Crippen LogP contribution in [0.25, 0.3) is 0 Å². The predicted molar refractivity (Wildman–Crippen MR) is 80.6 cm³/mol. The van der Waals surface area contributed by atoms with Crippen LogP contribution in [0.1, 0.15) is 0 Å². The lowest BCUT2D eigenvalue weighted by Gasteiger charge is -2.27. The highest BCUT2D eigenvalue weighted by Crippen LogP contribution is 2.39. The second kappa shape index (κ2) is 6.44. The van der Waals surface area contributed by atoms with Gasteiger partial charge in [0.15, 0.2) is 11.5 Å². The van der Waals surface area contributed by atoms with Crippen molar-refractivity contribution in [2.45, 2.75) is 4.90 Å². The molecule has 21 heavy (non-hydrogen) atoms. The smallest absolute Gasteiger partial charge is 0.322 e. The molecule has 1 saturated heterocycles. The van der Waals surface area contributed by atoms with Crippen molar-refractivity contribution in [3.8, 4) is 11.5 Å². The van der Waals surface area contributed by atoms with Gasteiger partial charge in [0.25, 0.3) is 0 Å². The zero-order chi connectivity index (χ0) is 14.7. The number of urea groups is 1. The SMILES string of the molecule is CSc1cc2c(cc1NC(=O)N1CCOCC1)OCCO2. The van der Waals surface area contributed by atoms with Crippen LogP contribution in [-0.2, 0) is 4.74 Å². The molecule has 3 rings (SSSR count). The molecule has 0 bridgehead atoms. The van der Waals surface area contributed by atoms with Crippen LogP contribution in [0, 0.1) is 0 Å². The molecule has 0 aliphatic carbocycles. The number of hydrogen-bond acceptors (Lipinski definition) is 5. The third-order valence-electron chi connectivity index (χ3n) is 3.40. The minimum absolute atomic E-state index is 0.106. The van der Waals surface area contributed by atoms with E-state index in [1.807, 2.05) is 18.4 Å². The largest absolute Gasteiger partial charge is 0.486 e. The summed E-state index contributed by atoms with van der Waals surface area (Å²) in [6, 6.07) is 3.64. The molecule has 0 spiro atoms.